The van der Waals surface area contributed by atoms with Crippen LogP contribution in [0.25, 0.3) is 12.2 Å². The van der Waals surface area contributed by atoms with Gasteiger partial charge in [0.05, 0.1) is 13.7 Å². The largest absolute Gasteiger partial charge is 0.508 e. The first-order valence-corrected chi connectivity index (χ1v) is 9.18. The molecule has 1 aliphatic rings. The van der Waals surface area contributed by atoms with Gasteiger partial charge in [-0.2, -0.15) is 0 Å². The number of methoxy groups -OCH3 is 1. The van der Waals surface area contributed by atoms with E-state index >= 15 is 0 Å². The lowest BCUT2D eigenvalue weighted by atomic mass is 9.99. The van der Waals surface area contributed by atoms with E-state index in [1.807, 2.05) is 0 Å². The van der Waals surface area contributed by atoms with Crippen molar-refractivity contribution >= 4 is 12.2 Å². The van der Waals surface area contributed by atoms with Crippen molar-refractivity contribution in [2.75, 3.05) is 13.7 Å². The second kappa shape index (κ2) is 9.33. The van der Waals surface area contributed by atoms with Crippen LogP contribution in [0.4, 0.5) is 0 Å². The molecule has 3 rings (SSSR count). The number of benzene rings is 2. The number of aliphatic hydroxyl groups excluding tert-OH is 4. The number of hydrogen-bond acceptors (Lipinski definition) is 9. The fourth-order valence-electron chi connectivity index (χ4n) is 3.06. The number of phenols is 2. The molecule has 9 nitrogen and oxygen atoms in total. The van der Waals surface area contributed by atoms with Gasteiger partial charge in [0, 0.05) is 6.07 Å². The predicted octanol–water partition coefficient (Wildman–Crippen LogP) is 0.455. The highest BCUT2D eigenvalue weighted by Gasteiger charge is 2.44. The van der Waals surface area contributed by atoms with Crippen LogP contribution < -0.4 is 9.47 Å². The third kappa shape index (κ3) is 4.84. The van der Waals surface area contributed by atoms with E-state index in [1.54, 1.807) is 30.4 Å². The lowest BCUT2D eigenvalue weighted by Crippen LogP contribution is -2.60. The van der Waals surface area contributed by atoms with E-state index in [4.69, 9.17) is 14.2 Å². The summed E-state index contributed by atoms with van der Waals surface area (Å²) in [5.41, 5.74) is 1.30. The van der Waals surface area contributed by atoms with Gasteiger partial charge in [-0.05, 0) is 35.4 Å². The van der Waals surface area contributed by atoms with Crippen molar-refractivity contribution in [3.05, 3.63) is 47.5 Å². The van der Waals surface area contributed by atoms with Crippen LogP contribution in [0.3, 0.4) is 0 Å². The highest BCUT2D eigenvalue weighted by atomic mass is 16.7. The van der Waals surface area contributed by atoms with E-state index in [-0.39, 0.29) is 17.2 Å². The molecule has 30 heavy (non-hydrogen) atoms. The van der Waals surface area contributed by atoms with Crippen LogP contribution in [0.5, 0.6) is 23.0 Å². The van der Waals surface area contributed by atoms with Crippen LogP contribution in [0.1, 0.15) is 11.1 Å². The number of aromatic hydroxyl groups is 2. The highest BCUT2D eigenvalue weighted by Crippen LogP contribution is 2.30. The molecule has 5 atom stereocenters. The Morgan fingerprint density at radius 2 is 1.67 bits per heavy atom. The number of phenolic OH excluding ortho intramolecular Hbond substituents is 2. The topological polar surface area (TPSA) is 149 Å². The molecule has 2 aromatic carbocycles. The van der Waals surface area contributed by atoms with Crippen molar-refractivity contribution in [1.82, 2.24) is 0 Å². The van der Waals surface area contributed by atoms with E-state index in [0.29, 0.717) is 11.3 Å². The third-order valence-corrected chi connectivity index (χ3v) is 4.69. The van der Waals surface area contributed by atoms with E-state index in [9.17, 15) is 30.6 Å². The summed E-state index contributed by atoms with van der Waals surface area (Å²) >= 11 is 0. The maximum atomic E-state index is 10.1. The van der Waals surface area contributed by atoms with Crippen molar-refractivity contribution in [3.8, 4) is 23.0 Å². The van der Waals surface area contributed by atoms with Gasteiger partial charge in [0.2, 0.25) is 6.29 Å². The summed E-state index contributed by atoms with van der Waals surface area (Å²) in [5, 5.41) is 58.7. The zero-order valence-corrected chi connectivity index (χ0v) is 16.1. The molecule has 0 radical (unpaired) electrons. The SMILES string of the molecule is COc1cc(/C=C/c2cc(O)cc(OC3OC(CO)C(O)C(O)C3O)c2)ccc1O. The zero-order valence-electron chi connectivity index (χ0n) is 16.1. The summed E-state index contributed by atoms with van der Waals surface area (Å²) in [6.07, 6.45) is -3.67. The first kappa shape index (κ1) is 21.9. The maximum absolute atomic E-state index is 10.1. The first-order valence-electron chi connectivity index (χ1n) is 9.18. The van der Waals surface area contributed by atoms with E-state index in [1.165, 1.54) is 25.3 Å². The number of hydrogen-bond donors (Lipinski definition) is 6. The molecular formula is C21H24O9. The average molecular weight is 420 g/mol. The predicted molar refractivity (Wildman–Crippen MR) is 106 cm³/mol. The summed E-state index contributed by atoms with van der Waals surface area (Å²) in [6, 6.07) is 9.16. The fraction of sp³-hybridized carbons (Fsp3) is 0.333. The fourth-order valence-corrected chi connectivity index (χ4v) is 3.06. The van der Waals surface area contributed by atoms with Crippen molar-refractivity contribution in [2.24, 2.45) is 0 Å². The average Bonchev–Trinajstić information content (AvgIpc) is 2.73. The molecule has 1 saturated heterocycles. The van der Waals surface area contributed by atoms with Gasteiger partial charge in [0.25, 0.3) is 0 Å². The monoisotopic (exact) mass is 420 g/mol. The Kier molecular flexibility index (Phi) is 6.80. The second-order valence-electron chi connectivity index (χ2n) is 6.84. The van der Waals surface area contributed by atoms with E-state index in [2.05, 4.69) is 0 Å². The maximum Gasteiger partial charge on any atom is 0.229 e. The summed E-state index contributed by atoms with van der Waals surface area (Å²) in [7, 11) is 1.44. The molecule has 9 heteroatoms. The van der Waals surface area contributed by atoms with Crippen molar-refractivity contribution in [3.63, 3.8) is 0 Å². The van der Waals surface area contributed by atoms with Gasteiger partial charge in [-0.3, -0.25) is 0 Å². The summed E-state index contributed by atoms with van der Waals surface area (Å²) in [4.78, 5) is 0. The molecule has 162 valence electrons. The van der Waals surface area contributed by atoms with E-state index < -0.39 is 37.3 Å². The minimum Gasteiger partial charge on any atom is -0.508 e. The number of rotatable bonds is 6. The lowest BCUT2D eigenvalue weighted by Gasteiger charge is -2.39. The molecule has 0 aliphatic carbocycles. The first-order chi connectivity index (χ1) is 14.3. The minimum absolute atomic E-state index is 0.0159. The standard InChI is InChI=1S/C21H24O9/c1-28-16-8-11(4-5-15(16)24)2-3-12-6-13(23)9-14(7-12)29-21-20(27)19(26)18(25)17(10-22)30-21/h2-9,17-27H,10H2,1H3/b3-2+. The zero-order chi connectivity index (χ0) is 21.8. The Bertz CT molecular complexity index is 896. The van der Waals surface area contributed by atoms with Gasteiger partial charge in [-0.25, -0.2) is 0 Å². The second-order valence-corrected chi connectivity index (χ2v) is 6.84. The molecule has 0 saturated carbocycles. The Morgan fingerprint density at radius 1 is 0.933 bits per heavy atom. The quantitative estimate of drug-likeness (QED) is 0.366. The van der Waals surface area contributed by atoms with Crippen LogP contribution in [-0.4, -0.2) is 75.1 Å². The Morgan fingerprint density at radius 3 is 2.37 bits per heavy atom. The molecule has 1 fully saturated rings. The highest BCUT2D eigenvalue weighted by molar-refractivity contribution is 5.72. The molecule has 6 N–H and O–H groups in total. The van der Waals surface area contributed by atoms with Crippen molar-refractivity contribution in [2.45, 2.75) is 30.7 Å². The van der Waals surface area contributed by atoms with Crippen LogP contribution in [-0.2, 0) is 4.74 Å². The Balaban J connectivity index is 1.78. The summed E-state index contributed by atoms with van der Waals surface area (Å²) in [5.74, 6) is 0.365. The van der Waals surface area contributed by atoms with E-state index in [0.717, 1.165) is 5.56 Å². The lowest BCUT2D eigenvalue weighted by molar-refractivity contribution is -0.277. The molecule has 1 aliphatic heterocycles. The van der Waals surface area contributed by atoms with Gasteiger partial charge in [0.15, 0.2) is 11.5 Å². The van der Waals surface area contributed by atoms with Gasteiger partial charge in [-0.15, -0.1) is 0 Å². The van der Waals surface area contributed by atoms with Crippen LogP contribution in [0.2, 0.25) is 0 Å². The van der Waals surface area contributed by atoms with Crippen LogP contribution in [0.15, 0.2) is 36.4 Å². The van der Waals surface area contributed by atoms with Gasteiger partial charge in [-0.1, -0.05) is 18.2 Å². The Labute approximate surface area is 172 Å². The Hall–Kier alpha value is -2.82. The minimum atomic E-state index is -1.57. The van der Waals surface area contributed by atoms with Gasteiger partial charge in [0.1, 0.15) is 35.9 Å². The number of ether oxygens (including phenoxy) is 3. The van der Waals surface area contributed by atoms with Crippen LogP contribution in [0, 0.1) is 0 Å². The molecule has 0 bridgehead atoms. The summed E-state index contributed by atoms with van der Waals surface area (Å²) < 4.78 is 15.9. The molecule has 0 aromatic heterocycles. The molecule has 0 spiro atoms. The van der Waals surface area contributed by atoms with Gasteiger partial charge < -0.3 is 44.8 Å². The third-order valence-electron chi connectivity index (χ3n) is 4.69. The number of aliphatic hydroxyl groups is 4. The molecule has 5 unspecified atom stereocenters. The smallest absolute Gasteiger partial charge is 0.229 e. The molecule has 0 amide bonds. The van der Waals surface area contributed by atoms with Crippen molar-refractivity contribution < 1.29 is 44.8 Å². The molecule has 1 heterocycles. The summed E-state index contributed by atoms with van der Waals surface area (Å²) in [6.45, 7) is -0.574. The van der Waals surface area contributed by atoms with Gasteiger partial charge >= 0.3 is 0 Å². The normalized spacial score (nSPS) is 26.6. The van der Waals surface area contributed by atoms with Crippen molar-refractivity contribution in [1.29, 1.82) is 0 Å². The molecule has 2 aromatic rings. The van der Waals surface area contributed by atoms with Crippen LogP contribution >= 0.6 is 0 Å². The molecular weight excluding hydrogens is 396 g/mol.